The van der Waals surface area contributed by atoms with E-state index in [1.54, 1.807) is 11.8 Å². The topological polar surface area (TPSA) is 49.8 Å². The van der Waals surface area contributed by atoms with Crippen LogP contribution in [0.2, 0.25) is 0 Å². The molecule has 148 valence electrons. The molecule has 0 atom stereocenters. The van der Waals surface area contributed by atoms with E-state index in [-0.39, 0.29) is 24.6 Å². The Bertz CT molecular complexity index is 877. The first-order chi connectivity index (χ1) is 13.1. The Labute approximate surface area is 176 Å². The summed E-state index contributed by atoms with van der Waals surface area (Å²) in [5.74, 6) is 0.154. The molecule has 0 amide bonds. The van der Waals surface area contributed by atoms with E-state index in [1.807, 2.05) is 11.0 Å². The van der Waals surface area contributed by atoms with Crippen LogP contribution >= 0.6 is 24.2 Å². The molecule has 1 saturated heterocycles. The van der Waals surface area contributed by atoms with Gasteiger partial charge in [0.05, 0.1) is 6.54 Å². The quantitative estimate of drug-likeness (QED) is 0.738. The van der Waals surface area contributed by atoms with Crippen LogP contribution in [0.5, 0.6) is 5.75 Å². The fraction of sp³-hybridized carbons (Fsp3) is 0.318. The van der Waals surface area contributed by atoms with Gasteiger partial charge in [-0.1, -0.05) is 30.3 Å². The lowest BCUT2D eigenvalue weighted by atomic mass is 9.83. The molecule has 2 aromatic rings. The van der Waals surface area contributed by atoms with Crippen LogP contribution in [0.4, 0.5) is 0 Å². The molecule has 0 aliphatic carbocycles. The van der Waals surface area contributed by atoms with Gasteiger partial charge in [0, 0.05) is 36.4 Å². The first kappa shape index (κ1) is 20.8. The van der Waals surface area contributed by atoms with Crippen LogP contribution in [0.15, 0.2) is 59.5 Å². The maximum Gasteiger partial charge on any atom is 0.317 e. The van der Waals surface area contributed by atoms with E-state index in [0.29, 0.717) is 0 Å². The van der Waals surface area contributed by atoms with Crippen LogP contribution in [0.25, 0.3) is 5.57 Å². The van der Waals surface area contributed by atoms with Crippen molar-refractivity contribution in [3.8, 4) is 5.75 Å². The molecule has 0 bridgehead atoms. The van der Waals surface area contributed by atoms with E-state index in [4.69, 9.17) is 9.84 Å². The van der Waals surface area contributed by atoms with Crippen LogP contribution in [0.1, 0.15) is 24.0 Å². The van der Waals surface area contributed by atoms with Gasteiger partial charge in [0.25, 0.3) is 0 Å². The molecule has 1 N–H and O–H groups in total. The van der Waals surface area contributed by atoms with Crippen molar-refractivity contribution < 1.29 is 14.6 Å². The number of likely N-dealkylation sites (tertiary alicyclic amines) is 1. The molecule has 6 heteroatoms. The summed E-state index contributed by atoms with van der Waals surface area (Å²) in [7, 11) is 0. The number of rotatable bonds is 4. The Morgan fingerprint density at radius 3 is 2.54 bits per heavy atom. The van der Waals surface area contributed by atoms with Gasteiger partial charge < -0.3 is 9.84 Å². The molecular formula is C22H24ClNO3S. The minimum absolute atomic E-state index is 0. The molecule has 2 aliphatic rings. The summed E-state index contributed by atoms with van der Waals surface area (Å²) in [6.07, 6.45) is 5.92. The van der Waals surface area contributed by atoms with E-state index in [1.165, 1.54) is 16.0 Å². The van der Waals surface area contributed by atoms with Gasteiger partial charge in [0.2, 0.25) is 0 Å². The Balaban J connectivity index is 0.00000225. The van der Waals surface area contributed by atoms with Crippen LogP contribution < -0.4 is 4.74 Å². The summed E-state index contributed by atoms with van der Waals surface area (Å²) < 4.78 is 6.54. The molecule has 4 rings (SSSR count). The average Bonchev–Trinajstić information content (AvgIpc) is 2.69. The molecule has 0 aromatic heterocycles. The maximum atomic E-state index is 11.0. The smallest absolute Gasteiger partial charge is 0.317 e. The number of fused-ring (bicyclic) bond motifs is 1. The summed E-state index contributed by atoms with van der Waals surface area (Å²) >= 11 is 1.71. The number of hydrogen-bond acceptors (Lipinski definition) is 4. The number of thioether (sulfide) groups is 1. The third kappa shape index (κ3) is 4.22. The summed E-state index contributed by atoms with van der Waals surface area (Å²) in [6.45, 7) is 1.55. The molecule has 0 unspecified atom stereocenters. The van der Waals surface area contributed by atoms with E-state index in [9.17, 15) is 4.79 Å². The highest BCUT2D eigenvalue weighted by Crippen LogP contribution is 2.44. The fourth-order valence-corrected chi connectivity index (χ4v) is 4.34. The van der Waals surface area contributed by atoms with Crippen molar-refractivity contribution in [2.75, 3.05) is 25.9 Å². The zero-order chi connectivity index (χ0) is 18.9. The lowest BCUT2D eigenvalue weighted by Crippen LogP contribution is -2.49. The van der Waals surface area contributed by atoms with Crippen molar-refractivity contribution in [2.45, 2.75) is 23.3 Å². The van der Waals surface area contributed by atoms with Crippen molar-refractivity contribution in [1.29, 1.82) is 0 Å². The van der Waals surface area contributed by atoms with Crippen LogP contribution in [-0.2, 0) is 4.79 Å². The van der Waals surface area contributed by atoms with Gasteiger partial charge in [0.15, 0.2) is 0 Å². The molecule has 0 saturated carbocycles. The first-order valence-corrected chi connectivity index (χ1v) is 10.4. The van der Waals surface area contributed by atoms with Crippen LogP contribution in [-0.4, -0.2) is 47.5 Å². The number of aliphatic carboxylic acids is 1. The van der Waals surface area contributed by atoms with Gasteiger partial charge in [-0.25, -0.2) is 0 Å². The van der Waals surface area contributed by atoms with E-state index in [0.717, 1.165) is 37.2 Å². The minimum Gasteiger partial charge on any atom is -0.482 e. The maximum absolute atomic E-state index is 11.0. The average molecular weight is 418 g/mol. The second-order valence-corrected chi connectivity index (χ2v) is 8.00. The molecule has 2 heterocycles. The van der Waals surface area contributed by atoms with Gasteiger partial charge in [0.1, 0.15) is 11.4 Å². The van der Waals surface area contributed by atoms with Crippen molar-refractivity contribution in [2.24, 2.45) is 0 Å². The highest BCUT2D eigenvalue weighted by molar-refractivity contribution is 7.98. The second-order valence-electron chi connectivity index (χ2n) is 7.12. The number of ether oxygens (including phenoxy) is 1. The first-order valence-electron chi connectivity index (χ1n) is 9.18. The van der Waals surface area contributed by atoms with Crippen molar-refractivity contribution in [3.63, 3.8) is 0 Å². The number of carbonyl (C=O) groups is 1. The number of benzene rings is 2. The largest absolute Gasteiger partial charge is 0.482 e. The van der Waals surface area contributed by atoms with Gasteiger partial charge in [-0.15, -0.1) is 24.2 Å². The number of piperidine rings is 1. The molecule has 4 nitrogen and oxygen atoms in total. The molecule has 1 spiro atoms. The molecule has 28 heavy (non-hydrogen) atoms. The number of nitrogens with zero attached hydrogens (tertiary/aromatic N) is 1. The third-order valence-corrected chi connectivity index (χ3v) is 6.07. The Morgan fingerprint density at radius 1 is 1.18 bits per heavy atom. The highest BCUT2D eigenvalue weighted by Gasteiger charge is 2.39. The molecule has 2 aromatic carbocycles. The summed E-state index contributed by atoms with van der Waals surface area (Å²) in [5, 5.41) is 9.06. The molecule has 1 fully saturated rings. The summed E-state index contributed by atoms with van der Waals surface area (Å²) in [5.41, 5.74) is 3.14. The van der Waals surface area contributed by atoms with Crippen molar-refractivity contribution >= 4 is 35.7 Å². The van der Waals surface area contributed by atoms with E-state index >= 15 is 0 Å². The van der Waals surface area contributed by atoms with Gasteiger partial charge in [-0.05, 0) is 41.7 Å². The molecule has 0 radical (unpaired) electrons. The van der Waals surface area contributed by atoms with Crippen molar-refractivity contribution in [3.05, 3.63) is 65.7 Å². The van der Waals surface area contributed by atoms with E-state index < -0.39 is 5.97 Å². The van der Waals surface area contributed by atoms with Crippen molar-refractivity contribution in [1.82, 2.24) is 4.90 Å². The predicted molar refractivity (Wildman–Crippen MR) is 116 cm³/mol. The monoisotopic (exact) mass is 417 g/mol. The zero-order valence-corrected chi connectivity index (χ0v) is 17.4. The van der Waals surface area contributed by atoms with Crippen LogP contribution in [0, 0.1) is 0 Å². The van der Waals surface area contributed by atoms with E-state index in [2.05, 4.69) is 54.8 Å². The standard InChI is InChI=1S/C22H23NO3S.ClH/c1-27-17-7-8-18-19(16-5-3-2-4-6-16)14-22(26-20(18)13-17)9-11-23(12-10-22)15-21(24)25;/h2-8,13-14H,9-12,15H2,1H3,(H,24,25);1H. The number of carboxylic acid groups (broad SMARTS) is 1. The Hall–Kier alpha value is -1.95. The summed E-state index contributed by atoms with van der Waals surface area (Å²) in [6, 6.07) is 16.8. The normalized spacial score (nSPS) is 17.8. The highest BCUT2D eigenvalue weighted by atomic mass is 35.5. The van der Waals surface area contributed by atoms with Gasteiger partial charge in [-0.2, -0.15) is 0 Å². The molecule has 2 aliphatic heterocycles. The Morgan fingerprint density at radius 2 is 1.89 bits per heavy atom. The number of carboxylic acids is 1. The third-order valence-electron chi connectivity index (χ3n) is 5.35. The fourth-order valence-electron chi connectivity index (χ4n) is 3.91. The minimum atomic E-state index is -0.772. The SMILES string of the molecule is CSc1ccc2c(c1)OC1(C=C2c2ccccc2)CCN(CC(=O)O)CC1.Cl. The summed E-state index contributed by atoms with van der Waals surface area (Å²) in [4.78, 5) is 14.2. The molecular weight excluding hydrogens is 394 g/mol. The van der Waals surface area contributed by atoms with Gasteiger partial charge in [-0.3, -0.25) is 9.69 Å². The van der Waals surface area contributed by atoms with Gasteiger partial charge >= 0.3 is 5.97 Å². The lowest BCUT2D eigenvalue weighted by molar-refractivity contribution is -0.139. The number of hydrogen-bond donors (Lipinski definition) is 1. The zero-order valence-electron chi connectivity index (χ0n) is 15.8. The lowest BCUT2D eigenvalue weighted by Gasteiger charge is -2.43. The second kappa shape index (κ2) is 8.60. The van der Waals surface area contributed by atoms with Crippen LogP contribution in [0.3, 0.4) is 0 Å². The predicted octanol–water partition coefficient (Wildman–Crippen LogP) is 4.57. The Kier molecular flexibility index (Phi) is 6.38. The number of halogens is 1.